The molecule has 2 aromatic heterocycles. The number of aromatic amines is 1. The second-order valence-electron chi connectivity index (χ2n) is 9.70. The van der Waals surface area contributed by atoms with E-state index in [1.165, 1.54) is 17.0 Å². The number of nitrogens with one attached hydrogen (secondary N) is 2. The number of nitrogens with two attached hydrogens (primary N) is 1. The predicted octanol–water partition coefficient (Wildman–Crippen LogP) is 4.98. The number of pyridine rings is 1. The molecule has 0 spiro atoms. The van der Waals surface area contributed by atoms with Gasteiger partial charge in [-0.3, -0.25) is 10.1 Å². The van der Waals surface area contributed by atoms with Crippen molar-refractivity contribution in [2.45, 2.75) is 38.6 Å². The summed E-state index contributed by atoms with van der Waals surface area (Å²) in [5, 5.41) is 12.3. The first-order chi connectivity index (χ1) is 16.5. The molecule has 0 amide bonds. The summed E-state index contributed by atoms with van der Waals surface area (Å²) in [6.07, 6.45) is 5.76. The third-order valence-electron chi connectivity index (χ3n) is 7.50. The SMILES string of the molecule is CC(C)N1CCC(c2cc3c(c4ncccc24)NCC(N)=C3c2ccc(F)c3[nH]ncc23)CC1. The summed E-state index contributed by atoms with van der Waals surface area (Å²) in [6.45, 7) is 7.24. The van der Waals surface area contributed by atoms with Gasteiger partial charge in [-0.2, -0.15) is 5.10 Å². The number of aromatic nitrogens is 3. The first-order valence-electron chi connectivity index (χ1n) is 12.0. The maximum atomic E-state index is 14.4. The maximum Gasteiger partial charge on any atom is 0.148 e. The smallest absolute Gasteiger partial charge is 0.148 e. The zero-order chi connectivity index (χ0) is 23.4. The van der Waals surface area contributed by atoms with Crippen LogP contribution in [-0.4, -0.2) is 45.8 Å². The molecule has 2 aliphatic heterocycles. The van der Waals surface area contributed by atoms with Crippen LogP contribution in [0.1, 0.15) is 49.3 Å². The number of fused-ring (bicyclic) bond motifs is 4. The molecule has 2 aliphatic rings. The van der Waals surface area contributed by atoms with Gasteiger partial charge in [0.25, 0.3) is 0 Å². The molecule has 0 bridgehead atoms. The summed E-state index contributed by atoms with van der Waals surface area (Å²) >= 11 is 0. The molecular weight excluding hydrogens is 427 g/mol. The highest BCUT2D eigenvalue weighted by molar-refractivity contribution is 6.06. The Bertz CT molecular complexity index is 1430. The highest BCUT2D eigenvalue weighted by Crippen LogP contribution is 2.44. The fraction of sp³-hybridized carbons (Fsp3) is 0.333. The van der Waals surface area contributed by atoms with Crippen LogP contribution in [0.2, 0.25) is 0 Å². The number of likely N-dealkylation sites (tertiary alicyclic amines) is 1. The molecule has 174 valence electrons. The third-order valence-corrected chi connectivity index (χ3v) is 7.50. The average Bonchev–Trinajstić information content (AvgIpc) is 3.35. The summed E-state index contributed by atoms with van der Waals surface area (Å²) < 4.78 is 14.4. The van der Waals surface area contributed by atoms with Gasteiger partial charge in [0, 0.05) is 39.8 Å². The van der Waals surface area contributed by atoms with Crippen LogP contribution in [0.3, 0.4) is 0 Å². The Morgan fingerprint density at radius 2 is 1.94 bits per heavy atom. The van der Waals surface area contributed by atoms with Gasteiger partial charge in [-0.05, 0) is 75.0 Å². The first kappa shape index (κ1) is 21.1. The maximum absolute atomic E-state index is 14.4. The van der Waals surface area contributed by atoms with Crippen LogP contribution in [0.15, 0.2) is 48.4 Å². The first-order valence-corrected chi connectivity index (χ1v) is 12.0. The molecule has 2 aromatic carbocycles. The standard InChI is InChI=1S/C27H29FN6/c1-15(2)34-10-7-16(8-11-34)19-12-20-24(17-5-6-22(28)25-21(17)13-32-33-25)23(29)14-31-27(20)26-18(19)4-3-9-30-26/h3-6,9,12-13,15-16,31H,7-8,10-11,14,29H2,1-2H3,(H,32,33). The lowest BCUT2D eigenvalue weighted by Gasteiger charge is -2.36. The lowest BCUT2D eigenvalue weighted by atomic mass is 9.82. The van der Waals surface area contributed by atoms with Gasteiger partial charge in [0.05, 0.1) is 23.9 Å². The second-order valence-corrected chi connectivity index (χ2v) is 9.70. The van der Waals surface area contributed by atoms with Gasteiger partial charge >= 0.3 is 0 Å². The number of piperidine rings is 1. The van der Waals surface area contributed by atoms with Gasteiger partial charge < -0.3 is 16.0 Å². The molecule has 1 fully saturated rings. The minimum Gasteiger partial charge on any atom is -0.400 e. The molecule has 6 nitrogen and oxygen atoms in total. The second kappa shape index (κ2) is 8.09. The molecule has 0 saturated carbocycles. The molecule has 4 heterocycles. The molecule has 0 atom stereocenters. The van der Waals surface area contributed by atoms with Gasteiger partial charge in [0.2, 0.25) is 0 Å². The third kappa shape index (κ3) is 3.26. The molecule has 0 aliphatic carbocycles. The number of benzene rings is 2. The Labute approximate surface area is 198 Å². The van der Waals surface area contributed by atoms with E-state index in [-0.39, 0.29) is 5.82 Å². The van der Waals surface area contributed by atoms with Crippen LogP contribution in [0.4, 0.5) is 10.1 Å². The van der Waals surface area contributed by atoms with E-state index in [2.05, 4.69) is 46.4 Å². The molecule has 4 aromatic rings. The minimum atomic E-state index is -0.317. The highest BCUT2D eigenvalue weighted by atomic mass is 19.1. The number of anilines is 1. The lowest BCUT2D eigenvalue weighted by molar-refractivity contribution is 0.172. The lowest BCUT2D eigenvalue weighted by Crippen LogP contribution is -2.37. The minimum absolute atomic E-state index is 0.317. The highest BCUT2D eigenvalue weighted by Gasteiger charge is 2.29. The fourth-order valence-electron chi connectivity index (χ4n) is 5.69. The number of rotatable bonds is 3. The fourth-order valence-corrected chi connectivity index (χ4v) is 5.69. The Hall–Kier alpha value is -3.45. The van der Waals surface area contributed by atoms with Gasteiger partial charge in [0.15, 0.2) is 0 Å². The molecular formula is C27H29FN6. The molecule has 34 heavy (non-hydrogen) atoms. The molecule has 0 unspecified atom stereocenters. The Morgan fingerprint density at radius 1 is 1.12 bits per heavy atom. The summed E-state index contributed by atoms with van der Waals surface area (Å²) in [5.41, 5.74) is 13.9. The Morgan fingerprint density at radius 3 is 2.74 bits per heavy atom. The van der Waals surface area contributed by atoms with Gasteiger partial charge in [-0.25, -0.2) is 4.39 Å². The van der Waals surface area contributed by atoms with Crippen molar-refractivity contribution in [2.24, 2.45) is 5.73 Å². The predicted molar refractivity (Wildman–Crippen MR) is 135 cm³/mol. The summed E-state index contributed by atoms with van der Waals surface area (Å²) in [5.74, 6) is 0.140. The molecule has 4 N–H and O–H groups in total. The average molecular weight is 457 g/mol. The topological polar surface area (TPSA) is 82.9 Å². The van der Waals surface area contributed by atoms with Gasteiger partial charge in [-0.15, -0.1) is 0 Å². The molecule has 1 saturated heterocycles. The van der Waals surface area contributed by atoms with Gasteiger partial charge in [-0.1, -0.05) is 12.1 Å². The van der Waals surface area contributed by atoms with E-state index in [4.69, 9.17) is 10.7 Å². The molecule has 0 radical (unpaired) electrons. The van der Waals surface area contributed by atoms with Crippen LogP contribution in [0.25, 0.3) is 27.4 Å². The number of hydrogen-bond donors (Lipinski definition) is 3. The Balaban J connectivity index is 1.54. The van der Waals surface area contributed by atoms with Crippen LogP contribution >= 0.6 is 0 Å². The van der Waals surface area contributed by atoms with Crippen LogP contribution in [0.5, 0.6) is 0 Å². The van der Waals surface area contributed by atoms with Crippen LogP contribution < -0.4 is 11.1 Å². The van der Waals surface area contributed by atoms with E-state index in [9.17, 15) is 4.39 Å². The number of nitrogens with zero attached hydrogens (tertiary/aromatic N) is 3. The van der Waals surface area contributed by atoms with Gasteiger partial charge in [0.1, 0.15) is 11.3 Å². The van der Waals surface area contributed by atoms with Crippen molar-refractivity contribution in [1.29, 1.82) is 0 Å². The monoisotopic (exact) mass is 456 g/mol. The zero-order valence-electron chi connectivity index (χ0n) is 19.5. The number of H-pyrrole nitrogens is 1. The largest absolute Gasteiger partial charge is 0.400 e. The van der Waals surface area contributed by atoms with Crippen molar-refractivity contribution < 1.29 is 4.39 Å². The van der Waals surface area contributed by atoms with Crippen molar-refractivity contribution in [3.63, 3.8) is 0 Å². The van der Waals surface area contributed by atoms with Crippen molar-refractivity contribution >= 4 is 33.1 Å². The van der Waals surface area contributed by atoms with E-state index < -0.39 is 0 Å². The van der Waals surface area contributed by atoms with E-state index in [1.807, 2.05) is 18.3 Å². The zero-order valence-corrected chi connectivity index (χ0v) is 19.5. The molecule has 6 rings (SSSR count). The van der Waals surface area contributed by atoms with E-state index in [0.717, 1.165) is 64.9 Å². The number of hydrogen-bond acceptors (Lipinski definition) is 5. The normalized spacial score (nSPS) is 17.5. The van der Waals surface area contributed by atoms with Crippen molar-refractivity contribution in [2.75, 3.05) is 25.0 Å². The van der Waals surface area contributed by atoms with E-state index in [1.54, 1.807) is 6.20 Å². The number of halogens is 1. The van der Waals surface area contributed by atoms with E-state index >= 15 is 0 Å². The Kier molecular flexibility index (Phi) is 5.03. The molecule has 7 heteroatoms. The quantitative estimate of drug-likeness (QED) is 0.405. The summed E-state index contributed by atoms with van der Waals surface area (Å²) in [6, 6.07) is 10.4. The summed E-state index contributed by atoms with van der Waals surface area (Å²) in [4.78, 5) is 7.35. The van der Waals surface area contributed by atoms with Crippen molar-refractivity contribution in [3.05, 3.63) is 70.9 Å². The van der Waals surface area contributed by atoms with Crippen molar-refractivity contribution in [1.82, 2.24) is 20.1 Å². The summed E-state index contributed by atoms with van der Waals surface area (Å²) in [7, 11) is 0. The van der Waals surface area contributed by atoms with Crippen LogP contribution in [0, 0.1) is 5.82 Å². The van der Waals surface area contributed by atoms with Crippen molar-refractivity contribution in [3.8, 4) is 0 Å². The van der Waals surface area contributed by atoms with E-state index in [0.29, 0.717) is 24.0 Å². The van der Waals surface area contributed by atoms with Crippen LogP contribution in [-0.2, 0) is 0 Å².